The SMILES string of the molecule is CC(C)(C)c1[nH]ncc1CNC[C@@]1(N2CCOCC2)CCSC1. The lowest BCUT2D eigenvalue weighted by Crippen LogP contribution is -2.58. The van der Waals surface area contributed by atoms with E-state index in [1.54, 1.807) is 0 Å². The number of ether oxygens (including phenoxy) is 1. The third-order valence-corrected chi connectivity index (χ3v) is 6.24. The summed E-state index contributed by atoms with van der Waals surface area (Å²) in [4.78, 5) is 2.66. The third kappa shape index (κ3) is 3.92. The second kappa shape index (κ2) is 7.13. The minimum absolute atomic E-state index is 0.110. The van der Waals surface area contributed by atoms with Gasteiger partial charge in [0.2, 0.25) is 0 Å². The normalized spacial score (nSPS) is 26.7. The topological polar surface area (TPSA) is 53.2 Å². The van der Waals surface area contributed by atoms with Gasteiger partial charge in [0, 0.05) is 54.1 Å². The van der Waals surface area contributed by atoms with E-state index < -0.39 is 0 Å². The lowest BCUT2D eigenvalue weighted by molar-refractivity contribution is -0.0134. The molecule has 0 saturated carbocycles. The van der Waals surface area contributed by atoms with Gasteiger partial charge in [0.1, 0.15) is 0 Å². The maximum atomic E-state index is 5.54. The van der Waals surface area contributed by atoms with Gasteiger partial charge in [-0.05, 0) is 12.2 Å². The van der Waals surface area contributed by atoms with E-state index >= 15 is 0 Å². The fourth-order valence-electron chi connectivity index (χ4n) is 3.66. The zero-order valence-corrected chi connectivity index (χ0v) is 15.5. The van der Waals surface area contributed by atoms with Crippen molar-refractivity contribution < 1.29 is 4.74 Å². The first-order valence-corrected chi connectivity index (χ1v) is 9.81. The Labute approximate surface area is 143 Å². The molecule has 3 heterocycles. The fraction of sp³-hybridized carbons (Fsp3) is 0.824. The van der Waals surface area contributed by atoms with Crippen LogP contribution >= 0.6 is 11.8 Å². The van der Waals surface area contributed by atoms with Crippen LogP contribution in [0.1, 0.15) is 38.4 Å². The molecule has 0 bridgehead atoms. The van der Waals surface area contributed by atoms with Gasteiger partial charge in [-0.3, -0.25) is 10.00 Å². The van der Waals surface area contributed by atoms with Crippen LogP contribution in [0.5, 0.6) is 0 Å². The summed E-state index contributed by atoms with van der Waals surface area (Å²) in [6, 6.07) is 0. The van der Waals surface area contributed by atoms with Gasteiger partial charge in [0.25, 0.3) is 0 Å². The van der Waals surface area contributed by atoms with E-state index in [4.69, 9.17) is 4.74 Å². The van der Waals surface area contributed by atoms with Crippen molar-refractivity contribution >= 4 is 11.8 Å². The molecule has 0 unspecified atom stereocenters. The molecule has 1 aromatic rings. The molecule has 0 amide bonds. The summed E-state index contributed by atoms with van der Waals surface area (Å²) < 4.78 is 5.54. The molecule has 23 heavy (non-hydrogen) atoms. The molecule has 5 nitrogen and oxygen atoms in total. The average molecular weight is 339 g/mol. The summed E-state index contributed by atoms with van der Waals surface area (Å²) in [5.74, 6) is 2.51. The predicted molar refractivity (Wildman–Crippen MR) is 96.1 cm³/mol. The summed E-state index contributed by atoms with van der Waals surface area (Å²) in [5.41, 5.74) is 2.95. The number of hydrogen-bond donors (Lipinski definition) is 2. The Morgan fingerprint density at radius 1 is 1.39 bits per heavy atom. The summed E-state index contributed by atoms with van der Waals surface area (Å²) in [6.45, 7) is 12.5. The van der Waals surface area contributed by atoms with Gasteiger partial charge in [0.15, 0.2) is 0 Å². The number of nitrogens with zero attached hydrogens (tertiary/aromatic N) is 2. The Morgan fingerprint density at radius 3 is 2.83 bits per heavy atom. The van der Waals surface area contributed by atoms with Crippen LogP contribution in [-0.2, 0) is 16.7 Å². The largest absolute Gasteiger partial charge is 0.379 e. The maximum absolute atomic E-state index is 5.54. The van der Waals surface area contributed by atoms with Gasteiger partial charge in [-0.2, -0.15) is 16.9 Å². The molecule has 2 saturated heterocycles. The smallest absolute Gasteiger partial charge is 0.0594 e. The van der Waals surface area contributed by atoms with Crippen molar-refractivity contribution in [1.29, 1.82) is 0 Å². The molecule has 1 aromatic heterocycles. The highest BCUT2D eigenvalue weighted by atomic mass is 32.2. The highest BCUT2D eigenvalue weighted by Gasteiger charge is 2.40. The van der Waals surface area contributed by atoms with Gasteiger partial charge >= 0.3 is 0 Å². The first-order chi connectivity index (χ1) is 11.0. The van der Waals surface area contributed by atoms with Crippen LogP contribution in [-0.4, -0.2) is 65.0 Å². The quantitative estimate of drug-likeness (QED) is 0.860. The van der Waals surface area contributed by atoms with Crippen molar-refractivity contribution in [3.63, 3.8) is 0 Å². The number of H-pyrrole nitrogens is 1. The molecule has 2 aliphatic rings. The molecule has 0 aromatic carbocycles. The number of thioether (sulfide) groups is 1. The second-order valence-electron chi connectivity index (χ2n) is 7.75. The van der Waals surface area contributed by atoms with Crippen LogP contribution in [0.15, 0.2) is 6.20 Å². The number of nitrogens with one attached hydrogen (secondary N) is 2. The van der Waals surface area contributed by atoms with Gasteiger partial charge < -0.3 is 10.1 Å². The van der Waals surface area contributed by atoms with Gasteiger partial charge in [-0.25, -0.2) is 0 Å². The van der Waals surface area contributed by atoms with Crippen LogP contribution in [0.4, 0.5) is 0 Å². The van der Waals surface area contributed by atoms with E-state index in [2.05, 4.69) is 52.9 Å². The summed E-state index contributed by atoms with van der Waals surface area (Å²) in [6.07, 6.45) is 3.25. The van der Waals surface area contributed by atoms with Crippen LogP contribution in [0.25, 0.3) is 0 Å². The highest BCUT2D eigenvalue weighted by molar-refractivity contribution is 7.99. The van der Waals surface area contributed by atoms with Crippen LogP contribution in [0.2, 0.25) is 0 Å². The number of aromatic nitrogens is 2. The maximum Gasteiger partial charge on any atom is 0.0594 e. The van der Waals surface area contributed by atoms with E-state index in [9.17, 15) is 0 Å². The van der Waals surface area contributed by atoms with Crippen molar-refractivity contribution in [1.82, 2.24) is 20.4 Å². The summed E-state index contributed by atoms with van der Waals surface area (Å²) >= 11 is 2.09. The zero-order chi connectivity index (χ0) is 16.3. The lowest BCUT2D eigenvalue weighted by atomic mass is 9.89. The predicted octanol–water partition coefficient (Wildman–Crippen LogP) is 2.00. The van der Waals surface area contributed by atoms with E-state index in [1.165, 1.54) is 29.2 Å². The molecule has 3 rings (SSSR count). The van der Waals surface area contributed by atoms with Crippen molar-refractivity contribution in [2.75, 3.05) is 44.4 Å². The summed E-state index contributed by atoms with van der Waals surface area (Å²) in [5, 5.41) is 11.2. The van der Waals surface area contributed by atoms with Crippen molar-refractivity contribution in [3.8, 4) is 0 Å². The Bertz CT molecular complexity index is 499. The molecule has 2 fully saturated rings. The fourth-order valence-corrected chi connectivity index (χ4v) is 5.14. The molecular formula is C17H30N4OS. The minimum Gasteiger partial charge on any atom is -0.379 e. The molecule has 0 radical (unpaired) electrons. The third-order valence-electron chi connectivity index (χ3n) is 5.00. The average Bonchev–Trinajstić information content (AvgIpc) is 3.18. The molecule has 130 valence electrons. The Hall–Kier alpha value is -0.560. The molecule has 2 aliphatic heterocycles. The highest BCUT2D eigenvalue weighted by Crippen LogP contribution is 2.33. The number of morpholine rings is 1. The van der Waals surface area contributed by atoms with Crippen molar-refractivity contribution in [3.05, 3.63) is 17.5 Å². The van der Waals surface area contributed by atoms with E-state index in [1.807, 2.05) is 6.20 Å². The van der Waals surface area contributed by atoms with Crippen molar-refractivity contribution in [2.24, 2.45) is 0 Å². The molecule has 0 aliphatic carbocycles. The van der Waals surface area contributed by atoms with E-state index in [0.29, 0.717) is 5.54 Å². The minimum atomic E-state index is 0.110. The van der Waals surface area contributed by atoms with E-state index in [0.717, 1.165) is 39.4 Å². The van der Waals surface area contributed by atoms with Gasteiger partial charge in [0.05, 0.1) is 19.4 Å². The summed E-state index contributed by atoms with van der Waals surface area (Å²) in [7, 11) is 0. The van der Waals surface area contributed by atoms with E-state index in [-0.39, 0.29) is 5.41 Å². The van der Waals surface area contributed by atoms with Crippen LogP contribution in [0.3, 0.4) is 0 Å². The number of hydrogen-bond acceptors (Lipinski definition) is 5. The standard InChI is InChI=1S/C17H30N4OS/c1-16(2,3)15-14(11-19-20-15)10-18-12-17(4-9-23-13-17)21-5-7-22-8-6-21/h11,18H,4-10,12-13H2,1-3H3,(H,19,20)/t17-/m0/s1. The molecule has 0 spiro atoms. The van der Waals surface area contributed by atoms with Gasteiger partial charge in [-0.1, -0.05) is 20.8 Å². The number of rotatable bonds is 5. The number of aromatic amines is 1. The van der Waals surface area contributed by atoms with Crippen LogP contribution < -0.4 is 5.32 Å². The first kappa shape index (κ1) is 17.3. The monoisotopic (exact) mass is 338 g/mol. The zero-order valence-electron chi connectivity index (χ0n) is 14.7. The first-order valence-electron chi connectivity index (χ1n) is 8.65. The van der Waals surface area contributed by atoms with Crippen molar-refractivity contribution in [2.45, 2.75) is 44.7 Å². The Kier molecular flexibility index (Phi) is 5.35. The molecule has 6 heteroatoms. The molecule has 2 N–H and O–H groups in total. The Balaban J connectivity index is 1.61. The van der Waals surface area contributed by atoms with Gasteiger partial charge in [-0.15, -0.1) is 0 Å². The molecule has 1 atom stereocenters. The second-order valence-corrected chi connectivity index (χ2v) is 8.86. The lowest BCUT2D eigenvalue weighted by Gasteiger charge is -2.43. The Morgan fingerprint density at radius 2 is 2.17 bits per heavy atom. The van der Waals surface area contributed by atoms with Crippen LogP contribution in [0, 0.1) is 0 Å². The molecular weight excluding hydrogens is 308 g/mol.